The Kier molecular flexibility index (Phi) is 7.43. The highest BCUT2D eigenvalue weighted by atomic mass is 32.1. The quantitative estimate of drug-likeness (QED) is 0.676. The van der Waals surface area contributed by atoms with Crippen molar-refractivity contribution < 1.29 is 4.79 Å². The van der Waals surface area contributed by atoms with E-state index in [4.69, 9.17) is 0 Å². The minimum absolute atomic E-state index is 0.0678. The molecule has 24 heavy (non-hydrogen) atoms. The van der Waals surface area contributed by atoms with E-state index in [1.165, 1.54) is 42.5 Å². The second-order valence-corrected chi connectivity index (χ2v) is 7.24. The van der Waals surface area contributed by atoms with E-state index in [2.05, 4.69) is 17.2 Å². The first kappa shape index (κ1) is 18.6. The van der Waals surface area contributed by atoms with E-state index < -0.39 is 0 Å². The van der Waals surface area contributed by atoms with Gasteiger partial charge in [-0.2, -0.15) is 3.96 Å². The van der Waals surface area contributed by atoms with Crippen molar-refractivity contribution in [3.63, 3.8) is 0 Å². The van der Waals surface area contributed by atoms with Crippen LogP contribution in [0.5, 0.6) is 0 Å². The van der Waals surface area contributed by atoms with Crippen LogP contribution in [0.2, 0.25) is 0 Å². The maximum atomic E-state index is 12.3. The molecular formula is C18H27N3O2S. The second kappa shape index (κ2) is 9.57. The van der Waals surface area contributed by atoms with Crippen LogP contribution in [-0.2, 0) is 0 Å². The molecule has 0 aliphatic heterocycles. The van der Waals surface area contributed by atoms with E-state index in [0.717, 1.165) is 24.4 Å². The summed E-state index contributed by atoms with van der Waals surface area (Å²) in [5.41, 5.74) is -0.288. The maximum Gasteiger partial charge on any atom is 0.338 e. The number of nitrogens with one attached hydrogen (secondary N) is 1. The van der Waals surface area contributed by atoms with Crippen molar-refractivity contribution in [1.29, 1.82) is 0 Å². The van der Waals surface area contributed by atoms with Crippen LogP contribution < -0.4 is 10.9 Å². The lowest BCUT2D eigenvalue weighted by Crippen LogP contribution is -2.38. The normalized spacial score (nSPS) is 12.4. The molecule has 1 amide bonds. The maximum absolute atomic E-state index is 12.3. The third-order valence-electron chi connectivity index (χ3n) is 4.16. The molecule has 0 radical (unpaired) electrons. The van der Waals surface area contributed by atoms with Gasteiger partial charge in [-0.15, -0.1) is 0 Å². The van der Waals surface area contributed by atoms with Crippen molar-refractivity contribution in [1.82, 2.24) is 14.3 Å². The number of aromatic nitrogens is 2. The Morgan fingerprint density at radius 2 is 1.96 bits per heavy atom. The molecule has 0 aliphatic rings. The molecule has 0 aromatic carbocycles. The predicted octanol–water partition coefficient (Wildman–Crippen LogP) is 4.54. The van der Waals surface area contributed by atoms with Crippen molar-refractivity contribution in [2.45, 2.75) is 71.3 Å². The number of carbonyl (C=O) groups excluding carboxylic acids is 1. The fourth-order valence-electron chi connectivity index (χ4n) is 2.75. The summed E-state index contributed by atoms with van der Waals surface area (Å²) in [5, 5.41) is 3.41. The summed E-state index contributed by atoms with van der Waals surface area (Å²) in [6, 6.07) is 3.13. The first-order chi connectivity index (χ1) is 11.6. The van der Waals surface area contributed by atoms with Crippen LogP contribution in [0, 0.1) is 0 Å². The number of amides is 1. The smallest absolute Gasteiger partial charge is 0.334 e. The topological polar surface area (TPSA) is 64.0 Å². The van der Waals surface area contributed by atoms with Crippen LogP contribution in [0.1, 0.15) is 65.2 Å². The lowest BCUT2D eigenvalue weighted by Gasteiger charge is -2.13. The van der Waals surface area contributed by atoms with Crippen LogP contribution in [-0.4, -0.2) is 21.0 Å². The van der Waals surface area contributed by atoms with Crippen molar-refractivity contribution in [3.05, 3.63) is 28.7 Å². The average Bonchev–Trinajstić information content (AvgIpc) is 2.91. The highest BCUT2D eigenvalue weighted by Gasteiger charge is 2.15. The molecule has 0 saturated carbocycles. The molecule has 1 N–H and O–H groups in total. The highest BCUT2D eigenvalue weighted by Crippen LogP contribution is 2.13. The zero-order chi connectivity index (χ0) is 17.4. The third kappa shape index (κ3) is 5.16. The van der Waals surface area contributed by atoms with E-state index in [-0.39, 0.29) is 17.6 Å². The largest absolute Gasteiger partial charge is 0.338 e. The van der Waals surface area contributed by atoms with Crippen LogP contribution in [0.3, 0.4) is 0 Å². The van der Waals surface area contributed by atoms with Gasteiger partial charge in [0.05, 0.1) is 5.39 Å². The number of nitrogens with zero attached hydrogens (tertiary/aromatic N) is 2. The Balaban J connectivity index is 1.77. The van der Waals surface area contributed by atoms with Gasteiger partial charge < -0.3 is 5.32 Å². The van der Waals surface area contributed by atoms with Gasteiger partial charge in [0, 0.05) is 12.2 Å². The highest BCUT2D eigenvalue weighted by molar-refractivity contribution is 7.14. The fourth-order valence-corrected chi connectivity index (χ4v) is 3.60. The van der Waals surface area contributed by atoms with Gasteiger partial charge in [0.15, 0.2) is 0 Å². The van der Waals surface area contributed by atoms with Crippen molar-refractivity contribution in [2.75, 3.05) is 0 Å². The molecule has 1 unspecified atom stereocenters. The molecule has 0 saturated heterocycles. The van der Waals surface area contributed by atoms with Crippen LogP contribution in [0.15, 0.2) is 23.1 Å². The molecule has 0 spiro atoms. The van der Waals surface area contributed by atoms with E-state index in [0.29, 0.717) is 10.2 Å². The first-order valence-corrected chi connectivity index (χ1v) is 9.68. The summed E-state index contributed by atoms with van der Waals surface area (Å²) in [5.74, 6) is 0. The summed E-state index contributed by atoms with van der Waals surface area (Å²) >= 11 is 1.09. The Morgan fingerprint density at radius 1 is 1.25 bits per heavy atom. The van der Waals surface area contributed by atoms with Gasteiger partial charge in [0.2, 0.25) is 0 Å². The summed E-state index contributed by atoms with van der Waals surface area (Å²) in [6.07, 6.45) is 11.4. The molecule has 0 bridgehead atoms. The van der Waals surface area contributed by atoms with Gasteiger partial charge in [-0.1, -0.05) is 51.9 Å². The number of rotatable bonds is 9. The summed E-state index contributed by atoms with van der Waals surface area (Å²) in [6.45, 7) is 4.22. The van der Waals surface area contributed by atoms with Gasteiger partial charge in [-0.3, -0.25) is 4.79 Å². The minimum Gasteiger partial charge on any atom is -0.334 e. The minimum atomic E-state index is -0.349. The molecule has 0 fully saturated rings. The first-order valence-electron chi connectivity index (χ1n) is 8.91. The summed E-state index contributed by atoms with van der Waals surface area (Å²) < 4.78 is 1.17. The molecule has 2 aromatic heterocycles. The van der Waals surface area contributed by atoms with Gasteiger partial charge in [-0.05, 0) is 37.0 Å². The van der Waals surface area contributed by atoms with Gasteiger partial charge in [-0.25, -0.2) is 9.78 Å². The van der Waals surface area contributed by atoms with Crippen molar-refractivity contribution in [2.24, 2.45) is 0 Å². The fraction of sp³-hybridized carbons (Fsp3) is 0.611. The number of hydrogen-bond acceptors (Lipinski definition) is 4. The molecule has 132 valence electrons. The zero-order valence-corrected chi connectivity index (χ0v) is 15.4. The molecule has 2 heterocycles. The van der Waals surface area contributed by atoms with Crippen molar-refractivity contribution >= 4 is 27.8 Å². The second-order valence-electron chi connectivity index (χ2n) is 6.31. The molecule has 2 rings (SSSR count). The molecule has 6 heteroatoms. The zero-order valence-electron chi connectivity index (χ0n) is 14.6. The number of pyridine rings is 1. The average molecular weight is 350 g/mol. The Labute approximate surface area is 147 Å². The molecule has 1 atom stereocenters. The standard InChI is InChI=1S/C18H27N3O2S/c1-3-4-5-6-7-8-9-11-14(2)20-18(23)21-17(22)15-12-10-13-19-16(15)24-21/h10,12-14H,3-9,11H2,1-2H3,(H,20,23). The molecule has 5 nitrogen and oxygen atoms in total. The van der Waals surface area contributed by atoms with Gasteiger partial charge in [0.1, 0.15) is 4.83 Å². The third-order valence-corrected chi connectivity index (χ3v) is 5.17. The Hall–Kier alpha value is -1.69. The number of unbranched alkanes of at least 4 members (excludes halogenated alkanes) is 6. The summed E-state index contributed by atoms with van der Waals surface area (Å²) in [7, 11) is 0. The van der Waals surface area contributed by atoms with Crippen LogP contribution in [0.4, 0.5) is 4.79 Å². The van der Waals surface area contributed by atoms with Crippen molar-refractivity contribution in [3.8, 4) is 0 Å². The number of fused-ring (bicyclic) bond motifs is 1. The molecular weight excluding hydrogens is 322 g/mol. The molecule has 0 aliphatic carbocycles. The van der Waals surface area contributed by atoms with E-state index in [9.17, 15) is 9.59 Å². The van der Waals surface area contributed by atoms with E-state index >= 15 is 0 Å². The summed E-state index contributed by atoms with van der Waals surface area (Å²) in [4.78, 5) is 29.2. The lowest BCUT2D eigenvalue weighted by molar-refractivity contribution is 0.240. The van der Waals surface area contributed by atoms with E-state index in [1.807, 2.05) is 6.92 Å². The monoisotopic (exact) mass is 349 g/mol. The molecule has 2 aromatic rings. The SMILES string of the molecule is CCCCCCCCCC(C)NC(=O)n1sc2ncccc2c1=O. The lowest BCUT2D eigenvalue weighted by atomic mass is 10.1. The van der Waals surface area contributed by atoms with Gasteiger partial charge in [0.25, 0.3) is 5.56 Å². The Bertz CT molecular complexity index is 708. The number of hydrogen-bond donors (Lipinski definition) is 1. The van der Waals surface area contributed by atoms with Crippen LogP contribution in [0.25, 0.3) is 10.2 Å². The number of carbonyl (C=O) groups is 1. The predicted molar refractivity (Wildman–Crippen MR) is 99.9 cm³/mol. The van der Waals surface area contributed by atoms with Gasteiger partial charge >= 0.3 is 6.03 Å². The Morgan fingerprint density at radius 3 is 2.67 bits per heavy atom. The van der Waals surface area contributed by atoms with Crippen LogP contribution >= 0.6 is 11.5 Å². The van der Waals surface area contributed by atoms with E-state index in [1.54, 1.807) is 18.3 Å².